The molecule has 0 unspecified atom stereocenters. The van der Waals surface area contributed by atoms with E-state index in [0.717, 1.165) is 0 Å². The summed E-state index contributed by atoms with van der Waals surface area (Å²) in [5.41, 5.74) is -0.937. The molecule has 2 rings (SSSR count). The van der Waals surface area contributed by atoms with E-state index in [1.807, 2.05) is 0 Å². The topological polar surface area (TPSA) is 104 Å². The molecule has 6 atom stereocenters. The van der Waals surface area contributed by atoms with Crippen LogP contribution in [0.5, 0.6) is 0 Å². The van der Waals surface area contributed by atoms with E-state index < -0.39 is 41.5 Å². The Morgan fingerprint density at radius 1 is 1.38 bits per heavy atom. The molecule has 0 heterocycles. The van der Waals surface area contributed by atoms with Crippen molar-refractivity contribution >= 4 is 11.8 Å². The van der Waals surface area contributed by atoms with Crippen LogP contribution < -0.4 is 0 Å². The Hall–Kier alpha value is -1.24. The monoisotopic (exact) mass is 298 g/mol. The molecule has 2 fully saturated rings. The molecule has 0 aromatic heterocycles. The lowest BCUT2D eigenvalue weighted by Crippen LogP contribution is -2.61. The Labute approximate surface area is 123 Å². The highest BCUT2D eigenvalue weighted by Gasteiger charge is 2.58. The number of carbonyl (C=O) groups is 2. The normalized spacial score (nSPS) is 43.1. The van der Waals surface area contributed by atoms with Crippen molar-refractivity contribution in [3.05, 3.63) is 12.2 Å². The summed E-state index contributed by atoms with van der Waals surface area (Å²) < 4.78 is 4.58. The van der Waals surface area contributed by atoms with Crippen LogP contribution in [0.4, 0.5) is 0 Å². The number of fused-ring (bicyclic) bond motifs is 1. The highest BCUT2D eigenvalue weighted by atomic mass is 16.5. The average Bonchev–Trinajstić information content (AvgIpc) is 2.41. The first-order valence-corrected chi connectivity index (χ1v) is 7.08. The minimum atomic E-state index is -1.26. The fraction of sp³-hybridized carbons (Fsp3) is 0.733. The van der Waals surface area contributed by atoms with Gasteiger partial charge in [-0.15, -0.1) is 0 Å². The van der Waals surface area contributed by atoms with Gasteiger partial charge in [-0.3, -0.25) is 4.79 Å². The minimum absolute atomic E-state index is 0.0487. The molecule has 0 spiro atoms. The van der Waals surface area contributed by atoms with E-state index in [-0.39, 0.29) is 24.2 Å². The van der Waals surface area contributed by atoms with Gasteiger partial charge in [0.25, 0.3) is 0 Å². The lowest BCUT2D eigenvalue weighted by Gasteiger charge is -2.53. The number of methoxy groups -OCH3 is 1. The molecule has 0 bridgehead atoms. The Kier molecular flexibility index (Phi) is 4.24. The van der Waals surface area contributed by atoms with Gasteiger partial charge < -0.3 is 20.1 Å². The van der Waals surface area contributed by atoms with Crippen LogP contribution in [0.25, 0.3) is 0 Å². The van der Waals surface area contributed by atoms with E-state index in [4.69, 9.17) is 0 Å². The summed E-state index contributed by atoms with van der Waals surface area (Å²) in [6.45, 7) is 5.28. The quantitative estimate of drug-likeness (QED) is 0.482. The molecule has 0 aromatic carbocycles. The number of Topliss-reactive ketones (excluding diaryl/α,β-unsaturated/α-hetero) is 1. The highest BCUT2D eigenvalue weighted by molar-refractivity contribution is 5.89. The smallest absolute Gasteiger partial charge is 0.333 e. The SMILES string of the molecule is C=C(C(=O)OC)[C@H]1[C@H](O)[C@H]2C(=O)CC[C@@H](O)[C@@]2(C)C[C@H]1O. The third-order valence-electron chi connectivity index (χ3n) is 5.11. The van der Waals surface area contributed by atoms with Crippen LogP contribution in [-0.4, -0.2) is 52.5 Å². The fourth-order valence-electron chi connectivity index (χ4n) is 3.90. The van der Waals surface area contributed by atoms with E-state index >= 15 is 0 Å². The van der Waals surface area contributed by atoms with Gasteiger partial charge in [-0.05, 0) is 12.8 Å². The minimum Gasteiger partial charge on any atom is -0.466 e. The molecule has 0 radical (unpaired) electrons. The molecule has 3 N–H and O–H groups in total. The largest absolute Gasteiger partial charge is 0.466 e. The third kappa shape index (κ3) is 2.41. The van der Waals surface area contributed by atoms with Gasteiger partial charge in [0, 0.05) is 23.3 Å². The number of aliphatic hydroxyl groups is 3. The van der Waals surface area contributed by atoms with Gasteiger partial charge in [0.05, 0.1) is 31.3 Å². The lowest BCUT2D eigenvalue weighted by atomic mass is 9.54. The van der Waals surface area contributed by atoms with Gasteiger partial charge in [0.1, 0.15) is 5.78 Å². The molecule has 0 aliphatic heterocycles. The number of rotatable bonds is 2. The summed E-state index contributed by atoms with van der Waals surface area (Å²) >= 11 is 0. The number of esters is 1. The van der Waals surface area contributed by atoms with Gasteiger partial charge in [-0.2, -0.15) is 0 Å². The maximum absolute atomic E-state index is 12.2. The molecule has 118 valence electrons. The summed E-state index contributed by atoms with van der Waals surface area (Å²) in [7, 11) is 1.19. The predicted molar refractivity (Wildman–Crippen MR) is 73.1 cm³/mol. The van der Waals surface area contributed by atoms with E-state index in [1.54, 1.807) is 6.92 Å². The van der Waals surface area contributed by atoms with Crippen molar-refractivity contribution in [3.8, 4) is 0 Å². The zero-order chi connectivity index (χ0) is 15.9. The van der Waals surface area contributed by atoms with Gasteiger partial charge in [-0.1, -0.05) is 13.5 Å². The number of ketones is 1. The Bertz CT molecular complexity index is 473. The third-order valence-corrected chi connectivity index (χ3v) is 5.11. The van der Waals surface area contributed by atoms with Gasteiger partial charge in [-0.25, -0.2) is 4.79 Å². The van der Waals surface area contributed by atoms with E-state index in [0.29, 0.717) is 6.42 Å². The second-order valence-electron chi connectivity index (χ2n) is 6.31. The maximum atomic E-state index is 12.2. The van der Waals surface area contributed by atoms with Gasteiger partial charge >= 0.3 is 5.97 Å². The van der Waals surface area contributed by atoms with Crippen LogP contribution in [0.15, 0.2) is 12.2 Å². The first-order valence-electron chi connectivity index (χ1n) is 7.08. The maximum Gasteiger partial charge on any atom is 0.333 e. The summed E-state index contributed by atoms with van der Waals surface area (Å²) in [5.74, 6) is -2.63. The molecule has 6 nitrogen and oxygen atoms in total. The Morgan fingerprint density at radius 3 is 2.57 bits per heavy atom. The summed E-state index contributed by atoms with van der Waals surface area (Å²) in [4.78, 5) is 23.8. The predicted octanol–water partition coefficient (Wildman–Crippen LogP) is -0.196. The average molecular weight is 298 g/mol. The Balaban J connectivity index is 2.36. The van der Waals surface area contributed by atoms with Crippen molar-refractivity contribution in [1.29, 1.82) is 0 Å². The zero-order valence-electron chi connectivity index (χ0n) is 12.3. The first-order chi connectivity index (χ1) is 9.74. The van der Waals surface area contributed by atoms with Crippen molar-refractivity contribution in [2.75, 3.05) is 7.11 Å². The molecule has 21 heavy (non-hydrogen) atoms. The number of hydrogen-bond donors (Lipinski definition) is 3. The summed E-state index contributed by atoms with van der Waals surface area (Å²) in [6, 6.07) is 0. The van der Waals surface area contributed by atoms with E-state index in [1.165, 1.54) is 7.11 Å². The van der Waals surface area contributed by atoms with E-state index in [9.17, 15) is 24.9 Å². The molecular formula is C15H22O6. The van der Waals surface area contributed by atoms with Gasteiger partial charge in [0.2, 0.25) is 0 Å². The number of hydrogen-bond acceptors (Lipinski definition) is 6. The van der Waals surface area contributed by atoms with Crippen molar-refractivity contribution in [1.82, 2.24) is 0 Å². The molecular weight excluding hydrogens is 276 g/mol. The molecule has 0 saturated heterocycles. The molecule has 2 aliphatic carbocycles. The molecule has 2 saturated carbocycles. The number of ether oxygens (including phenoxy) is 1. The van der Waals surface area contributed by atoms with Crippen molar-refractivity contribution in [2.45, 2.75) is 44.5 Å². The highest BCUT2D eigenvalue weighted by Crippen LogP contribution is 2.51. The van der Waals surface area contributed by atoms with Crippen LogP contribution in [0.2, 0.25) is 0 Å². The molecule has 0 amide bonds. The van der Waals surface area contributed by atoms with Gasteiger partial charge in [0.15, 0.2) is 0 Å². The van der Waals surface area contributed by atoms with Crippen molar-refractivity contribution < 1.29 is 29.6 Å². The van der Waals surface area contributed by atoms with Crippen LogP contribution in [0.3, 0.4) is 0 Å². The summed E-state index contributed by atoms with van der Waals surface area (Å²) in [5, 5.41) is 31.1. The second kappa shape index (κ2) is 5.51. The lowest BCUT2D eigenvalue weighted by molar-refractivity contribution is -0.178. The van der Waals surface area contributed by atoms with Crippen molar-refractivity contribution in [2.24, 2.45) is 17.3 Å². The van der Waals surface area contributed by atoms with Crippen LogP contribution in [0, 0.1) is 17.3 Å². The van der Waals surface area contributed by atoms with Crippen LogP contribution >= 0.6 is 0 Å². The van der Waals surface area contributed by atoms with Crippen LogP contribution in [0.1, 0.15) is 26.2 Å². The summed E-state index contributed by atoms with van der Waals surface area (Å²) in [6.07, 6.45) is -2.44. The molecule has 0 aromatic rings. The number of aliphatic hydroxyl groups excluding tert-OH is 3. The van der Waals surface area contributed by atoms with Crippen molar-refractivity contribution in [3.63, 3.8) is 0 Å². The number of carbonyl (C=O) groups excluding carboxylic acids is 2. The second-order valence-corrected chi connectivity index (χ2v) is 6.31. The Morgan fingerprint density at radius 2 is 2.00 bits per heavy atom. The zero-order valence-corrected chi connectivity index (χ0v) is 12.3. The fourth-order valence-corrected chi connectivity index (χ4v) is 3.90. The molecule has 6 heteroatoms. The molecule has 2 aliphatic rings. The van der Waals surface area contributed by atoms with E-state index in [2.05, 4.69) is 11.3 Å². The first kappa shape index (κ1) is 16.1. The van der Waals surface area contributed by atoms with Crippen LogP contribution in [-0.2, 0) is 14.3 Å². The standard InChI is InChI=1S/C15H22O6/c1-7(14(20)21-3)11-9(17)6-15(2)10(18)5-4-8(16)12(15)13(11)19/h9-13,17-19H,1,4-6H2,2-3H3/t9-,10-,11-,12-,13+,15-/m1/s1.